The molecule has 0 fully saturated rings. The molecule has 0 saturated heterocycles. The van der Waals surface area contributed by atoms with Crippen LogP contribution in [0.1, 0.15) is 23.0 Å². The van der Waals surface area contributed by atoms with E-state index in [9.17, 15) is 22.4 Å². The van der Waals surface area contributed by atoms with Gasteiger partial charge in [0.15, 0.2) is 34.7 Å². The molecule has 0 unspecified atom stereocenters. The summed E-state index contributed by atoms with van der Waals surface area (Å²) >= 11 is 0. The lowest BCUT2D eigenvalue weighted by Gasteiger charge is -2.09. The average molecular weight is 425 g/mol. The van der Waals surface area contributed by atoms with Crippen LogP contribution in [0.25, 0.3) is 0 Å². The largest absolute Gasteiger partial charge is 0.485 e. The predicted molar refractivity (Wildman–Crippen MR) is 95.1 cm³/mol. The maximum atomic E-state index is 13.7. The molecule has 2 heterocycles. The predicted octanol–water partition coefficient (Wildman–Crippen LogP) is 3.27. The zero-order valence-corrected chi connectivity index (χ0v) is 15.7. The van der Waals surface area contributed by atoms with Gasteiger partial charge in [-0.15, -0.1) is 0 Å². The van der Waals surface area contributed by atoms with Gasteiger partial charge < -0.3 is 14.8 Å². The second kappa shape index (κ2) is 8.76. The first-order valence-corrected chi connectivity index (χ1v) is 8.55. The zero-order valence-electron chi connectivity index (χ0n) is 15.7. The van der Waals surface area contributed by atoms with E-state index in [2.05, 4.69) is 20.4 Å². The Labute approximate surface area is 167 Å². The van der Waals surface area contributed by atoms with Crippen LogP contribution < -0.4 is 10.1 Å². The number of halogens is 4. The molecule has 8 nitrogen and oxygen atoms in total. The van der Waals surface area contributed by atoms with Crippen molar-refractivity contribution in [2.24, 2.45) is 7.05 Å². The Balaban J connectivity index is 1.67. The van der Waals surface area contributed by atoms with Crippen molar-refractivity contribution in [2.75, 3.05) is 11.9 Å². The Morgan fingerprint density at radius 1 is 1.10 bits per heavy atom. The van der Waals surface area contributed by atoms with Gasteiger partial charge in [-0.3, -0.25) is 4.68 Å². The fraction of sp³-hybridized carbons (Fsp3) is 0.222. The average Bonchev–Trinajstić information content (AvgIpc) is 3.08. The molecule has 0 aliphatic carbocycles. The van der Waals surface area contributed by atoms with Crippen molar-refractivity contribution in [1.29, 1.82) is 0 Å². The summed E-state index contributed by atoms with van der Waals surface area (Å²) in [4.78, 5) is 19.6. The van der Waals surface area contributed by atoms with Gasteiger partial charge in [0, 0.05) is 19.2 Å². The van der Waals surface area contributed by atoms with Crippen LogP contribution in [0.4, 0.5) is 29.3 Å². The van der Waals surface area contributed by atoms with Crippen molar-refractivity contribution in [3.8, 4) is 5.75 Å². The van der Waals surface area contributed by atoms with Crippen molar-refractivity contribution in [1.82, 2.24) is 19.7 Å². The molecule has 12 heteroatoms. The summed E-state index contributed by atoms with van der Waals surface area (Å²) in [5.74, 6) is -6.21. The van der Waals surface area contributed by atoms with Crippen LogP contribution in [0, 0.1) is 23.3 Å². The van der Waals surface area contributed by atoms with Crippen LogP contribution in [0.2, 0.25) is 0 Å². The highest BCUT2D eigenvalue weighted by molar-refractivity contribution is 5.88. The lowest BCUT2D eigenvalue weighted by Crippen LogP contribution is -2.07. The lowest BCUT2D eigenvalue weighted by molar-refractivity contribution is 0.0518. The van der Waals surface area contributed by atoms with E-state index in [0.717, 1.165) is 0 Å². The van der Waals surface area contributed by atoms with Gasteiger partial charge in [-0.05, 0) is 6.92 Å². The van der Waals surface area contributed by atoms with Crippen molar-refractivity contribution in [2.45, 2.75) is 13.5 Å². The van der Waals surface area contributed by atoms with Crippen LogP contribution in [0.3, 0.4) is 0 Å². The van der Waals surface area contributed by atoms with Crippen molar-refractivity contribution in [3.05, 3.63) is 59.1 Å². The number of aromatic nitrogens is 4. The molecule has 0 aliphatic rings. The maximum absolute atomic E-state index is 13.7. The second-order valence-electron chi connectivity index (χ2n) is 5.86. The summed E-state index contributed by atoms with van der Waals surface area (Å²) in [6.07, 6.45) is 2.37. The van der Waals surface area contributed by atoms with Crippen molar-refractivity contribution < 1.29 is 31.8 Å². The van der Waals surface area contributed by atoms with E-state index in [1.807, 2.05) is 0 Å². The van der Waals surface area contributed by atoms with Crippen LogP contribution in [0.15, 0.2) is 24.5 Å². The molecule has 2 aromatic heterocycles. The highest BCUT2D eigenvalue weighted by atomic mass is 19.2. The van der Waals surface area contributed by atoms with Gasteiger partial charge in [0.2, 0.25) is 5.95 Å². The third-order valence-corrected chi connectivity index (χ3v) is 3.82. The summed E-state index contributed by atoms with van der Waals surface area (Å²) in [6, 6.07) is 1.55. The normalized spacial score (nSPS) is 10.7. The van der Waals surface area contributed by atoms with E-state index in [-0.39, 0.29) is 30.1 Å². The topological polar surface area (TPSA) is 91.2 Å². The molecule has 0 saturated carbocycles. The summed E-state index contributed by atoms with van der Waals surface area (Å²) < 4.78 is 65.1. The van der Waals surface area contributed by atoms with E-state index in [1.54, 1.807) is 14.0 Å². The van der Waals surface area contributed by atoms with E-state index in [1.165, 1.54) is 23.1 Å². The molecule has 1 N–H and O–H groups in total. The SMILES string of the molecule is CCOC(=O)c1cc(Nc2ncc(OCc3c(F)c(F)cc(F)c3F)cn2)n(C)n1. The Morgan fingerprint density at radius 3 is 2.33 bits per heavy atom. The summed E-state index contributed by atoms with van der Waals surface area (Å²) in [7, 11) is 1.59. The van der Waals surface area contributed by atoms with E-state index < -0.39 is 41.4 Å². The zero-order chi connectivity index (χ0) is 21.8. The Morgan fingerprint density at radius 2 is 1.73 bits per heavy atom. The molecular weight excluding hydrogens is 410 g/mol. The second-order valence-corrected chi connectivity index (χ2v) is 5.86. The van der Waals surface area contributed by atoms with Gasteiger partial charge in [-0.2, -0.15) is 5.10 Å². The van der Waals surface area contributed by atoms with E-state index in [0.29, 0.717) is 5.82 Å². The van der Waals surface area contributed by atoms with Crippen LogP contribution >= 0.6 is 0 Å². The molecule has 0 radical (unpaired) electrons. The number of anilines is 2. The standard InChI is InChI=1S/C18H15F4N5O3/c1-3-29-17(28)13-5-14(27(2)26-13)25-18-23-6-9(7-24-18)30-8-10-15(21)11(19)4-12(20)16(10)22/h4-7H,3,8H2,1-2H3,(H,23,24,25). The number of hydrogen-bond acceptors (Lipinski definition) is 7. The molecule has 0 atom stereocenters. The number of benzene rings is 1. The van der Waals surface area contributed by atoms with Crippen molar-refractivity contribution in [3.63, 3.8) is 0 Å². The molecule has 1 aromatic carbocycles. The fourth-order valence-corrected chi connectivity index (χ4v) is 2.36. The molecule has 0 spiro atoms. The number of hydrogen-bond donors (Lipinski definition) is 1. The smallest absolute Gasteiger partial charge is 0.358 e. The molecule has 3 rings (SSSR count). The third-order valence-electron chi connectivity index (χ3n) is 3.82. The van der Waals surface area contributed by atoms with Gasteiger partial charge in [0.25, 0.3) is 0 Å². The Hall–Kier alpha value is -3.70. The number of rotatable bonds is 7. The number of carbonyl (C=O) groups excluding carboxylic acids is 1. The van der Waals surface area contributed by atoms with Gasteiger partial charge in [-0.25, -0.2) is 32.3 Å². The number of esters is 1. The van der Waals surface area contributed by atoms with Crippen molar-refractivity contribution >= 4 is 17.7 Å². The first-order valence-electron chi connectivity index (χ1n) is 8.55. The minimum atomic E-state index is -1.54. The number of nitrogens with zero attached hydrogens (tertiary/aromatic N) is 4. The molecule has 0 aliphatic heterocycles. The molecule has 30 heavy (non-hydrogen) atoms. The van der Waals surface area contributed by atoms with E-state index >= 15 is 0 Å². The molecule has 0 amide bonds. The number of carbonyl (C=O) groups is 1. The number of aryl methyl sites for hydroxylation is 1. The Kier molecular flexibility index (Phi) is 6.14. The molecular formula is C18H15F4N5O3. The van der Waals surface area contributed by atoms with Crippen LogP contribution in [0.5, 0.6) is 5.75 Å². The van der Waals surface area contributed by atoms with Gasteiger partial charge in [0.05, 0.1) is 24.6 Å². The minimum absolute atomic E-state index is 0.00115. The quantitative estimate of drug-likeness (QED) is 0.353. The Bertz CT molecular complexity index is 1050. The lowest BCUT2D eigenvalue weighted by atomic mass is 10.2. The van der Waals surface area contributed by atoms with E-state index in [4.69, 9.17) is 9.47 Å². The monoisotopic (exact) mass is 425 g/mol. The summed E-state index contributed by atoms with van der Waals surface area (Å²) in [5, 5.41) is 6.82. The summed E-state index contributed by atoms with van der Waals surface area (Å²) in [5.41, 5.74) is -0.802. The van der Waals surface area contributed by atoms with Gasteiger partial charge in [-0.1, -0.05) is 0 Å². The summed E-state index contributed by atoms with van der Waals surface area (Å²) in [6.45, 7) is 1.11. The number of nitrogens with one attached hydrogen (secondary N) is 1. The first-order chi connectivity index (χ1) is 14.3. The fourth-order valence-electron chi connectivity index (χ4n) is 2.36. The highest BCUT2D eigenvalue weighted by Crippen LogP contribution is 2.22. The first kappa shape index (κ1) is 21.0. The third kappa shape index (κ3) is 4.47. The highest BCUT2D eigenvalue weighted by Gasteiger charge is 2.20. The minimum Gasteiger partial charge on any atom is -0.485 e. The van der Waals surface area contributed by atoms with Crippen LogP contribution in [-0.4, -0.2) is 32.3 Å². The van der Waals surface area contributed by atoms with Crippen LogP contribution in [-0.2, 0) is 18.4 Å². The van der Waals surface area contributed by atoms with Gasteiger partial charge in [0.1, 0.15) is 12.4 Å². The molecule has 3 aromatic rings. The van der Waals surface area contributed by atoms with Gasteiger partial charge >= 0.3 is 5.97 Å². The molecule has 0 bridgehead atoms. The number of ether oxygens (including phenoxy) is 2. The maximum Gasteiger partial charge on any atom is 0.358 e. The molecule has 158 valence electrons.